The number of aromatic nitrogens is 1. The Labute approximate surface area is 124 Å². The van der Waals surface area contributed by atoms with Gasteiger partial charge in [0.05, 0.1) is 5.52 Å². The molecule has 2 rings (SSSR count). The molecular weight excluding hydrogens is 266 g/mol. The van der Waals surface area contributed by atoms with Gasteiger partial charge in [-0.05, 0) is 24.5 Å². The molecule has 1 heterocycles. The molecule has 0 bridgehead atoms. The van der Waals surface area contributed by atoms with E-state index in [-0.39, 0.29) is 18.4 Å². The molecule has 1 aromatic carbocycles. The van der Waals surface area contributed by atoms with E-state index < -0.39 is 0 Å². The summed E-state index contributed by atoms with van der Waals surface area (Å²) in [5.41, 5.74) is 7.56. The monoisotopic (exact) mass is 287 g/mol. The lowest BCUT2D eigenvalue weighted by Crippen LogP contribution is -2.30. The highest BCUT2D eigenvalue weighted by Gasteiger charge is 2.12. The highest BCUT2D eigenvalue weighted by molar-refractivity contribution is 5.99. The van der Waals surface area contributed by atoms with E-state index in [0.717, 1.165) is 11.8 Å². The molecule has 5 heteroatoms. The first-order valence-corrected chi connectivity index (χ1v) is 7.20. The van der Waals surface area contributed by atoms with Crippen LogP contribution >= 0.6 is 0 Å². The Morgan fingerprint density at radius 2 is 2.19 bits per heavy atom. The van der Waals surface area contributed by atoms with E-state index in [4.69, 9.17) is 10.8 Å². The molecule has 1 atom stereocenters. The fourth-order valence-electron chi connectivity index (χ4n) is 2.28. The molecule has 5 nitrogen and oxygen atoms in total. The van der Waals surface area contributed by atoms with Crippen LogP contribution in [0.3, 0.4) is 0 Å². The number of carbonyl (C=O) groups is 1. The van der Waals surface area contributed by atoms with E-state index >= 15 is 0 Å². The van der Waals surface area contributed by atoms with Gasteiger partial charge in [0.2, 0.25) is 0 Å². The van der Waals surface area contributed by atoms with Crippen LogP contribution in [0, 0.1) is 5.92 Å². The minimum atomic E-state index is -0.233. The second-order valence-corrected chi connectivity index (χ2v) is 5.11. The number of fused-ring (bicyclic) bond motifs is 1. The molecule has 0 aliphatic rings. The number of hydrogen-bond acceptors (Lipinski definition) is 4. The third kappa shape index (κ3) is 3.70. The van der Waals surface area contributed by atoms with Crippen molar-refractivity contribution in [2.45, 2.75) is 19.8 Å². The Morgan fingerprint density at radius 3 is 2.90 bits per heavy atom. The summed E-state index contributed by atoms with van der Waals surface area (Å²) in [5.74, 6) is 0.0422. The van der Waals surface area contributed by atoms with Gasteiger partial charge in [-0.25, -0.2) is 4.98 Å². The van der Waals surface area contributed by atoms with Crippen molar-refractivity contribution in [1.82, 2.24) is 10.3 Å². The van der Waals surface area contributed by atoms with Crippen molar-refractivity contribution in [3.05, 3.63) is 36.0 Å². The fourth-order valence-corrected chi connectivity index (χ4v) is 2.28. The fraction of sp³-hybridized carbons (Fsp3) is 0.375. The molecule has 0 saturated carbocycles. The number of rotatable bonds is 6. The lowest BCUT2D eigenvalue weighted by molar-refractivity contribution is 0.0939. The van der Waals surface area contributed by atoms with Gasteiger partial charge in [0.15, 0.2) is 0 Å². The van der Waals surface area contributed by atoms with E-state index in [0.29, 0.717) is 29.9 Å². The highest BCUT2D eigenvalue weighted by Crippen LogP contribution is 2.20. The maximum absolute atomic E-state index is 12.2. The van der Waals surface area contributed by atoms with Crippen molar-refractivity contribution >= 4 is 22.5 Å². The average Bonchev–Trinajstić information content (AvgIpc) is 2.51. The predicted molar refractivity (Wildman–Crippen MR) is 84.0 cm³/mol. The predicted octanol–water partition coefficient (Wildman–Crippen LogP) is 1.96. The van der Waals surface area contributed by atoms with Crippen LogP contribution in [-0.4, -0.2) is 29.1 Å². The number of nitrogens with one attached hydrogen (secondary N) is 1. The number of nitrogens with two attached hydrogens (primary N) is 1. The standard InChI is InChI=1S/C16H21N3O2/c1-2-11(7-8-20)10-18-16(21)15-9-13(17)12-5-3-4-6-14(12)19-15/h3-6,9,11,20H,2,7-8,10H2,1H3,(H2,17,19)(H,18,21). The number of benzene rings is 1. The molecule has 21 heavy (non-hydrogen) atoms. The third-order valence-electron chi connectivity index (χ3n) is 3.65. The highest BCUT2D eigenvalue weighted by atomic mass is 16.3. The first-order chi connectivity index (χ1) is 10.2. The molecule has 1 aromatic heterocycles. The molecular formula is C16H21N3O2. The lowest BCUT2D eigenvalue weighted by atomic mass is 10.0. The van der Waals surface area contributed by atoms with Crippen molar-refractivity contribution in [1.29, 1.82) is 0 Å². The van der Waals surface area contributed by atoms with Gasteiger partial charge >= 0.3 is 0 Å². The number of anilines is 1. The topological polar surface area (TPSA) is 88.2 Å². The largest absolute Gasteiger partial charge is 0.398 e. The number of para-hydroxylation sites is 1. The number of aliphatic hydroxyl groups excluding tert-OH is 1. The van der Waals surface area contributed by atoms with E-state index in [1.54, 1.807) is 6.07 Å². The number of pyridine rings is 1. The van der Waals surface area contributed by atoms with Gasteiger partial charge in [-0.3, -0.25) is 4.79 Å². The quantitative estimate of drug-likeness (QED) is 0.757. The first-order valence-electron chi connectivity index (χ1n) is 7.20. The summed E-state index contributed by atoms with van der Waals surface area (Å²) in [5, 5.41) is 12.7. The van der Waals surface area contributed by atoms with Crippen molar-refractivity contribution in [3.8, 4) is 0 Å². The van der Waals surface area contributed by atoms with Crippen LogP contribution in [-0.2, 0) is 0 Å². The average molecular weight is 287 g/mol. The van der Waals surface area contributed by atoms with Gasteiger partial charge < -0.3 is 16.2 Å². The van der Waals surface area contributed by atoms with Crippen molar-refractivity contribution in [3.63, 3.8) is 0 Å². The Morgan fingerprint density at radius 1 is 1.43 bits per heavy atom. The number of carbonyl (C=O) groups excluding carboxylic acids is 1. The van der Waals surface area contributed by atoms with Crippen LogP contribution in [0.25, 0.3) is 10.9 Å². The molecule has 4 N–H and O–H groups in total. The maximum Gasteiger partial charge on any atom is 0.269 e. The van der Waals surface area contributed by atoms with Crippen LogP contribution in [0.15, 0.2) is 30.3 Å². The summed E-state index contributed by atoms with van der Waals surface area (Å²) < 4.78 is 0. The molecule has 2 aromatic rings. The number of hydrogen-bond donors (Lipinski definition) is 3. The summed E-state index contributed by atoms with van der Waals surface area (Å²) in [7, 11) is 0. The summed E-state index contributed by atoms with van der Waals surface area (Å²) in [4.78, 5) is 16.5. The van der Waals surface area contributed by atoms with Crippen molar-refractivity contribution in [2.24, 2.45) is 5.92 Å². The van der Waals surface area contributed by atoms with Crippen LogP contribution in [0.5, 0.6) is 0 Å². The van der Waals surface area contributed by atoms with Crippen LogP contribution in [0.1, 0.15) is 30.3 Å². The van der Waals surface area contributed by atoms with Crippen LogP contribution in [0.4, 0.5) is 5.69 Å². The molecule has 0 saturated heterocycles. The Bertz CT molecular complexity index is 628. The van der Waals surface area contributed by atoms with Gasteiger partial charge in [-0.2, -0.15) is 0 Å². The lowest BCUT2D eigenvalue weighted by Gasteiger charge is -2.14. The third-order valence-corrected chi connectivity index (χ3v) is 3.65. The van der Waals surface area contributed by atoms with Gasteiger partial charge in [-0.15, -0.1) is 0 Å². The summed E-state index contributed by atoms with van der Waals surface area (Å²) >= 11 is 0. The zero-order valence-electron chi connectivity index (χ0n) is 12.2. The Kier molecular flexibility index (Phi) is 5.11. The molecule has 0 aliphatic heterocycles. The Balaban J connectivity index is 2.12. The number of nitrogen functional groups attached to an aromatic ring is 1. The van der Waals surface area contributed by atoms with E-state index in [2.05, 4.69) is 10.3 Å². The maximum atomic E-state index is 12.2. The molecule has 0 fully saturated rings. The number of aliphatic hydroxyl groups is 1. The van der Waals surface area contributed by atoms with Gasteiger partial charge in [0, 0.05) is 24.2 Å². The summed E-state index contributed by atoms with van der Waals surface area (Å²) in [6.07, 6.45) is 1.60. The Hall–Kier alpha value is -2.14. The summed E-state index contributed by atoms with van der Waals surface area (Å²) in [6, 6.07) is 9.08. The van der Waals surface area contributed by atoms with Gasteiger partial charge in [-0.1, -0.05) is 31.5 Å². The number of nitrogens with zero attached hydrogens (tertiary/aromatic N) is 1. The van der Waals surface area contributed by atoms with Crippen molar-refractivity contribution in [2.75, 3.05) is 18.9 Å². The van der Waals surface area contributed by atoms with E-state index in [9.17, 15) is 4.79 Å². The van der Waals surface area contributed by atoms with Crippen LogP contribution in [0.2, 0.25) is 0 Å². The van der Waals surface area contributed by atoms with E-state index in [1.807, 2.05) is 31.2 Å². The zero-order chi connectivity index (χ0) is 15.2. The molecule has 1 amide bonds. The minimum Gasteiger partial charge on any atom is -0.398 e. The molecule has 0 aliphatic carbocycles. The first kappa shape index (κ1) is 15.3. The molecule has 0 radical (unpaired) electrons. The molecule has 112 valence electrons. The van der Waals surface area contributed by atoms with Gasteiger partial charge in [0.25, 0.3) is 5.91 Å². The van der Waals surface area contributed by atoms with E-state index in [1.165, 1.54) is 0 Å². The summed E-state index contributed by atoms with van der Waals surface area (Å²) in [6.45, 7) is 2.71. The second-order valence-electron chi connectivity index (χ2n) is 5.11. The van der Waals surface area contributed by atoms with Gasteiger partial charge in [0.1, 0.15) is 5.69 Å². The molecule has 1 unspecified atom stereocenters. The SMILES string of the molecule is CCC(CCO)CNC(=O)c1cc(N)c2ccccc2n1. The number of amides is 1. The minimum absolute atomic E-state index is 0.134. The zero-order valence-corrected chi connectivity index (χ0v) is 12.2. The molecule has 0 spiro atoms. The van der Waals surface area contributed by atoms with Crippen LogP contribution < -0.4 is 11.1 Å². The normalized spacial score (nSPS) is 12.3. The van der Waals surface area contributed by atoms with Crippen molar-refractivity contribution < 1.29 is 9.90 Å². The smallest absolute Gasteiger partial charge is 0.269 e. The second kappa shape index (κ2) is 7.04.